The lowest BCUT2D eigenvalue weighted by Gasteiger charge is -2.11. The predicted molar refractivity (Wildman–Crippen MR) is 116 cm³/mol. The van der Waals surface area contributed by atoms with Crippen molar-refractivity contribution in [1.29, 1.82) is 5.41 Å². The largest absolute Gasteiger partial charge is 0.429 e. The van der Waals surface area contributed by atoms with Gasteiger partial charge in [-0.25, -0.2) is 8.42 Å². The van der Waals surface area contributed by atoms with Crippen LogP contribution in [-0.2, 0) is 16.4 Å². The zero-order valence-corrected chi connectivity index (χ0v) is 18.0. The van der Waals surface area contributed by atoms with Crippen molar-refractivity contribution < 1.29 is 21.6 Å². The van der Waals surface area contributed by atoms with Crippen LogP contribution in [0.15, 0.2) is 70.7 Å². The molecule has 0 aliphatic rings. The van der Waals surface area contributed by atoms with Crippen molar-refractivity contribution in [3.63, 3.8) is 0 Å². The molecule has 162 valence electrons. The first-order valence-corrected chi connectivity index (χ1v) is 11.7. The minimum absolute atomic E-state index is 0.149. The molecular weight excluding hydrogens is 447 g/mol. The van der Waals surface area contributed by atoms with Crippen LogP contribution in [0.1, 0.15) is 17.0 Å². The van der Waals surface area contributed by atoms with Crippen molar-refractivity contribution in [3.8, 4) is 10.4 Å². The molecule has 0 amide bonds. The van der Waals surface area contributed by atoms with E-state index in [0.29, 0.717) is 21.0 Å². The Hall–Kier alpha value is -2.85. The smallest absolute Gasteiger partial charge is 0.303 e. The van der Waals surface area contributed by atoms with Gasteiger partial charge in [-0.3, -0.25) is 9.98 Å². The summed E-state index contributed by atoms with van der Waals surface area (Å²) >= 11 is 1.13. The van der Waals surface area contributed by atoms with Crippen molar-refractivity contribution in [2.75, 3.05) is 6.26 Å². The summed E-state index contributed by atoms with van der Waals surface area (Å²) in [4.78, 5) is 8.78. The van der Waals surface area contributed by atoms with E-state index in [-0.39, 0.29) is 17.2 Å². The normalized spacial score (nSPS) is 12.7. The van der Waals surface area contributed by atoms with Gasteiger partial charge in [0.05, 0.1) is 22.8 Å². The average Bonchev–Trinajstić information content (AvgIpc) is 3.21. The molecule has 0 spiro atoms. The lowest BCUT2D eigenvalue weighted by atomic mass is 10.1. The number of aromatic nitrogens is 1. The lowest BCUT2D eigenvalue weighted by Crippen LogP contribution is -2.26. The summed E-state index contributed by atoms with van der Waals surface area (Å²) in [6.45, 7) is -0.225. The highest BCUT2D eigenvalue weighted by Crippen LogP contribution is 2.31. The van der Waals surface area contributed by atoms with Gasteiger partial charge in [0.2, 0.25) is 0 Å². The van der Waals surface area contributed by atoms with E-state index in [4.69, 9.17) is 5.41 Å². The van der Waals surface area contributed by atoms with Crippen LogP contribution in [0.2, 0.25) is 0 Å². The monoisotopic (exact) mass is 465 g/mol. The van der Waals surface area contributed by atoms with Crippen molar-refractivity contribution >= 4 is 32.6 Å². The number of hydrogen-bond donors (Lipinski definition) is 1. The molecular formula is C21H18F3N3O2S2. The second-order valence-corrected chi connectivity index (χ2v) is 9.80. The summed E-state index contributed by atoms with van der Waals surface area (Å²) in [5.74, 6) is 0. The van der Waals surface area contributed by atoms with E-state index in [9.17, 15) is 21.6 Å². The van der Waals surface area contributed by atoms with Gasteiger partial charge in [-0.05, 0) is 42.0 Å². The van der Waals surface area contributed by atoms with Gasteiger partial charge in [0, 0.05) is 28.6 Å². The maximum atomic E-state index is 13.4. The summed E-state index contributed by atoms with van der Waals surface area (Å²) in [7, 11) is -3.39. The summed E-state index contributed by atoms with van der Waals surface area (Å²) in [6.07, 6.45) is -2.75. The molecule has 0 saturated heterocycles. The number of nitrogens with zero attached hydrogens (tertiary/aromatic N) is 2. The van der Waals surface area contributed by atoms with Crippen LogP contribution in [0.4, 0.5) is 13.2 Å². The van der Waals surface area contributed by atoms with Crippen LogP contribution in [0.3, 0.4) is 0 Å². The molecule has 31 heavy (non-hydrogen) atoms. The molecule has 1 aromatic carbocycles. The molecule has 0 radical (unpaired) electrons. The standard InChI is InChI=1S/C21H18F3N3O2S2/c1-31(28,29)16-7-4-5-14(11-16)18-8-9-19(30-18)17(25)12-20(21(22,23)24)27-13-15-6-2-3-10-26-15/h2-11,25H,12-13H2,1H3. The molecule has 3 rings (SSSR count). The first-order chi connectivity index (χ1) is 14.5. The molecule has 0 aliphatic carbocycles. The third-order valence-corrected chi connectivity index (χ3v) is 6.58. The Kier molecular flexibility index (Phi) is 6.71. The third-order valence-electron chi connectivity index (χ3n) is 4.28. The van der Waals surface area contributed by atoms with E-state index in [1.165, 1.54) is 18.3 Å². The van der Waals surface area contributed by atoms with Crippen LogP contribution >= 0.6 is 11.3 Å². The average molecular weight is 466 g/mol. The van der Waals surface area contributed by atoms with Crippen molar-refractivity contribution in [1.82, 2.24) is 4.98 Å². The van der Waals surface area contributed by atoms with Crippen LogP contribution in [0, 0.1) is 5.41 Å². The Morgan fingerprint density at radius 1 is 1.13 bits per heavy atom. The fourth-order valence-corrected chi connectivity index (χ4v) is 4.32. The Labute approximate surface area is 181 Å². The van der Waals surface area contributed by atoms with Gasteiger partial charge < -0.3 is 5.41 Å². The molecule has 2 heterocycles. The van der Waals surface area contributed by atoms with Gasteiger partial charge in [0.1, 0.15) is 5.71 Å². The van der Waals surface area contributed by atoms with E-state index in [2.05, 4.69) is 9.98 Å². The Balaban J connectivity index is 1.80. The number of benzene rings is 1. The van der Waals surface area contributed by atoms with Gasteiger partial charge in [-0.15, -0.1) is 11.3 Å². The summed E-state index contributed by atoms with van der Waals surface area (Å²) in [6, 6.07) is 14.4. The lowest BCUT2D eigenvalue weighted by molar-refractivity contribution is -0.0600. The number of pyridine rings is 1. The van der Waals surface area contributed by atoms with Crippen LogP contribution in [0.5, 0.6) is 0 Å². The molecule has 1 N–H and O–H groups in total. The number of aliphatic imine (C=N–C) groups is 1. The highest BCUT2D eigenvalue weighted by Gasteiger charge is 2.36. The second-order valence-electron chi connectivity index (χ2n) is 6.70. The Morgan fingerprint density at radius 3 is 2.55 bits per heavy atom. The highest BCUT2D eigenvalue weighted by molar-refractivity contribution is 7.90. The van der Waals surface area contributed by atoms with Crippen molar-refractivity contribution in [2.45, 2.75) is 24.0 Å². The van der Waals surface area contributed by atoms with Crippen molar-refractivity contribution in [3.05, 3.63) is 71.4 Å². The number of hydrogen-bond acceptors (Lipinski definition) is 6. The Morgan fingerprint density at radius 2 is 1.90 bits per heavy atom. The van der Waals surface area contributed by atoms with Crippen molar-refractivity contribution in [2.24, 2.45) is 4.99 Å². The number of sulfone groups is 1. The van der Waals surface area contributed by atoms with E-state index in [1.54, 1.807) is 42.5 Å². The van der Waals surface area contributed by atoms with Crippen LogP contribution in [-0.4, -0.2) is 37.3 Å². The molecule has 5 nitrogen and oxygen atoms in total. The fourth-order valence-electron chi connectivity index (χ4n) is 2.70. The zero-order chi connectivity index (χ0) is 22.6. The first kappa shape index (κ1) is 22.8. The highest BCUT2D eigenvalue weighted by atomic mass is 32.2. The van der Waals surface area contributed by atoms with E-state index < -0.39 is 28.1 Å². The third kappa shape index (κ3) is 6.08. The van der Waals surface area contributed by atoms with E-state index in [0.717, 1.165) is 17.6 Å². The van der Waals surface area contributed by atoms with E-state index in [1.807, 2.05) is 0 Å². The number of rotatable bonds is 7. The van der Waals surface area contributed by atoms with Gasteiger partial charge in [0.25, 0.3) is 0 Å². The molecule has 2 aromatic heterocycles. The van der Waals surface area contributed by atoms with Crippen LogP contribution in [0.25, 0.3) is 10.4 Å². The number of halogens is 3. The summed E-state index contributed by atoms with van der Waals surface area (Å²) < 4.78 is 63.8. The molecule has 10 heteroatoms. The number of nitrogens with one attached hydrogen (secondary N) is 1. The molecule has 0 saturated carbocycles. The van der Waals surface area contributed by atoms with Gasteiger partial charge in [0.15, 0.2) is 9.84 Å². The fraction of sp³-hybridized carbons (Fsp3) is 0.190. The second kappa shape index (κ2) is 9.11. The topological polar surface area (TPSA) is 83.2 Å². The van der Waals surface area contributed by atoms with Crippen LogP contribution < -0.4 is 0 Å². The molecule has 0 unspecified atom stereocenters. The number of alkyl halides is 3. The minimum atomic E-state index is -4.66. The van der Waals surface area contributed by atoms with Gasteiger partial charge in [-0.2, -0.15) is 13.2 Å². The molecule has 0 fully saturated rings. The minimum Gasteiger partial charge on any atom is -0.303 e. The Bertz CT molecular complexity index is 1220. The maximum Gasteiger partial charge on any atom is 0.429 e. The molecule has 0 atom stereocenters. The summed E-state index contributed by atoms with van der Waals surface area (Å²) in [5, 5.41) is 8.16. The molecule has 0 aliphatic heterocycles. The predicted octanol–water partition coefficient (Wildman–Crippen LogP) is 5.18. The maximum absolute atomic E-state index is 13.4. The first-order valence-electron chi connectivity index (χ1n) is 9.02. The van der Waals surface area contributed by atoms with Gasteiger partial charge in [-0.1, -0.05) is 18.2 Å². The molecule has 3 aromatic rings. The number of thiophene rings is 1. The SMILES string of the molecule is CS(=O)(=O)c1cccc(-c2ccc(C(=N)CC(=NCc3ccccn3)C(F)(F)F)s2)c1. The van der Waals surface area contributed by atoms with Gasteiger partial charge >= 0.3 is 6.18 Å². The summed E-state index contributed by atoms with van der Waals surface area (Å²) in [5.41, 5.74) is -0.239. The quantitative estimate of drug-likeness (QED) is 0.489. The van der Waals surface area contributed by atoms with E-state index >= 15 is 0 Å². The zero-order valence-electron chi connectivity index (χ0n) is 16.3. The molecule has 0 bridgehead atoms.